The highest BCUT2D eigenvalue weighted by Crippen LogP contribution is 2.50. The van der Waals surface area contributed by atoms with Gasteiger partial charge >= 0.3 is 6.03 Å². The SMILES string of the molecule is CCCNC(=O)N1CC2(CCN(CC3CC3)CC2)c2c(n(C)c3cc(OC)ccc23)[C@H]1CO. The van der Waals surface area contributed by atoms with Gasteiger partial charge in [0, 0.05) is 49.2 Å². The summed E-state index contributed by atoms with van der Waals surface area (Å²) in [6.07, 6.45) is 5.71. The summed E-state index contributed by atoms with van der Waals surface area (Å²) in [7, 11) is 3.75. The lowest BCUT2D eigenvalue weighted by atomic mass is 9.68. The number of carbonyl (C=O) groups is 1. The third-order valence-electron chi connectivity index (χ3n) is 8.13. The van der Waals surface area contributed by atoms with Gasteiger partial charge in [0.05, 0.1) is 25.3 Å². The quantitative estimate of drug-likeness (QED) is 0.702. The molecule has 0 unspecified atom stereocenters. The molecule has 2 aliphatic heterocycles. The Morgan fingerprint density at radius 1 is 1.27 bits per heavy atom. The van der Waals surface area contributed by atoms with E-state index in [9.17, 15) is 9.90 Å². The largest absolute Gasteiger partial charge is 0.497 e. The Hall–Kier alpha value is -2.25. The van der Waals surface area contributed by atoms with Crippen molar-refractivity contribution >= 4 is 16.9 Å². The van der Waals surface area contributed by atoms with Crippen molar-refractivity contribution < 1.29 is 14.6 Å². The number of nitrogens with zero attached hydrogens (tertiary/aromatic N) is 3. The number of aliphatic hydroxyl groups is 1. The van der Waals surface area contributed by atoms with Crippen LogP contribution in [0.2, 0.25) is 0 Å². The minimum absolute atomic E-state index is 0.0656. The Morgan fingerprint density at radius 3 is 2.67 bits per heavy atom. The van der Waals surface area contributed by atoms with Crippen LogP contribution in [0, 0.1) is 5.92 Å². The first kappa shape index (κ1) is 22.5. The smallest absolute Gasteiger partial charge is 0.318 e. The molecule has 3 heterocycles. The van der Waals surface area contributed by atoms with Crippen molar-refractivity contribution in [2.45, 2.75) is 50.5 Å². The number of aromatic nitrogens is 1. The van der Waals surface area contributed by atoms with Crippen LogP contribution in [0.1, 0.15) is 56.3 Å². The zero-order valence-electron chi connectivity index (χ0n) is 20.3. The lowest BCUT2D eigenvalue weighted by Crippen LogP contribution is -2.57. The third-order valence-corrected chi connectivity index (χ3v) is 8.13. The van der Waals surface area contributed by atoms with E-state index in [1.807, 2.05) is 11.0 Å². The second-order valence-corrected chi connectivity index (χ2v) is 10.3. The summed E-state index contributed by atoms with van der Waals surface area (Å²) in [6, 6.07) is 5.87. The second-order valence-electron chi connectivity index (χ2n) is 10.3. The van der Waals surface area contributed by atoms with Gasteiger partial charge in [0.1, 0.15) is 5.75 Å². The lowest BCUT2D eigenvalue weighted by Gasteiger charge is -2.50. The monoisotopic (exact) mass is 454 g/mol. The highest BCUT2D eigenvalue weighted by atomic mass is 16.5. The summed E-state index contributed by atoms with van der Waals surface area (Å²) in [5, 5.41) is 14.8. The Bertz CT molecular complexity index is 1020. The third kappa shape index (κ3) is 3.89. The van der Waals surface area contributed by atoms with Gasteiger partial charge in [-0.25, -0.2) is 4.79 Å². The van der Waals surface area contributed by atoms with E-state index in [0.29, 0.717) is 13.1 Å². The molecule has 2 fully saturated rings. The number of rotatable bonds is 6. The average Bonchev–Trinajstić information content (AvgIpc) is 3.61. The fraction of sp³-hybridized carbons (Fsp3) is 0.654. The van der Waals surface area contributed by atoms with Gasteiger partial charge < -0.3 is 29.5 Å². The van der Waals surface area contributed by atoms with Gasteiger partial charge in [0.15, 0.2) is 0 Å². The zero-order chi connectivity index (χ0) is 23.2. The summed E-state index contributed by atoms with van der Waals surface area (Å²) in [5.74, 6) is 1.72. The molecule has 180 valence electrons. The Morgan fingerprint density at radius 2 is 2.03 bits per heavy atom. The number of likely N-dealkylation sites (tertiary alicyclic amines) is 1. The van der Waals surface area contributed by atoms with E-state index in [1.165, 1.54) is 30.3 Å². The van der Waals surface area contributed by atoms with E-state index in [4.69, 9.17) is 4.74 Å². The number of aliphatic hydroxyl groups excluding tert-OH is 1. The van der Waals surface area contributed by atoms with Crippen LogP contribution in [0.3, 0.4) is 0 Å². The van der Waals surface area contributed by atoms with Crippen molar-refractivity contribution in [3.8, 4) is 5.75 Å². The van der Waals surface area contributed by atoms with E-state index in [1.54, 1.807) is 7.11 Å². The van der Waals surface area contributed by atoms with Crippen LogP contribution < -0.4 is 10.1 Å². The van der Waals surface area contributed by atoms with Gasteiger partial charge in [0.25, 0.3) is 0 Å². The summed E-state index contributed by atoms with van der Waals surface area (Å²) in [4.78, 5) is 17.8. The molecular weight excluding hydrogens is 416 g/mol. The maximum Gasteiger partial charge on any atom is 0.318 e. The maximum atomic E-state index is 13.3. The molecule has 1 aliphatic carbocycles. The van der Waals surface area contributed by atoms with Crippen molar-refractivity contribution in [1.29, 1.82) is 0 Å². The standard InChI is InChI=1S/C26H38N4O3/c1-4-11-27-25(32)30-17-26(9-12-29(13-10-26)15-18-5-6-18)23-20-8-7-19(33-3)14-21(20)28(2)24(23)22(30)16-31/h7-8,14,18,22,31H,4-6,9-13,15-17H2,1-3H3,(H,27,32)/t22-/m1/s1. The van der Waals surface area contributed by atoms with Gasteiger partial charge in [-0.05, 0) is 68.8 Å². The van der Waals surface area contributed by atoms with Crippen LogP contribution in [-0.4, -0.2) is 71.9 Å². The van der Waals surface area contributed by atoms with Crippen molar-refractivity contribution in [2.75, 3.05) is 46.4 Å². The minimum Gasteiger partial charge on any atom is -0.497 e. The zero-order valence-corrected chi connectivity index (χ0v) is 20.3. The number of nitrogens with one attached hydrogen (secondary N) is 1. The molecule has 0 bridgehead atoms. The molecule has 7 nitrogen and oxygen atoms in total. The van der Waals surface area contributed by atoms with Crippen LogP contribution in [0.5, 0.6) is 5.75 Å². The molecule has 1 spiro atoms. The fourth-order valence-corrected chi connectivity index (χ4v) is 6.14. The molecule has 0 radical (unpaired) electrons. The number of aryl methyl sites for hydroxylation is 1. The number of ether oxygens (including phenoxy) is 1. The summed E-state index contributed by atoms with van der Waals surface area (Å²) in [6.45, 7) is 6.63. The second kappa shape index (κ2) is 8.84. The summed E-state index contributed by atoms with van der Waals surface area (Å²) in [5.41, 5.74) is 3.42. The number of piperidine rings is 1. The van der Waals surface area contributed by atoms with Crippen molar-refractivity contribution in [3.05, 3.63) is 29.5 Å². The van der Waals surface area contributed by atoms with E-state index < -0.39 is 0 Å². The van der Waals surface area contributed by atoms with Crippen LogP contribution in [0.15, 0.2) is 18.2 Å². The number of hydrogen-bond donors (Lipinski definition) is 2. The number of urea groups is 1. The first-order chi connectivity index (χ1) is 16.0. The number of fused-ring (bicyclic) bond motifs is 4. The van der Waals surface area contributed by atoms with E-state index >= 15 is 0 Å². The molecule has 1 saturated heterocycles. The van der Waals surface area contributed by atoms with Crippen molar-refractivity contribution in [3.63, 3.8) is 0 Å². The predicted molar refractivity (Wildman–Crippen MR) is 130 cm³/mol. The summed E-state index contributed by atoms with van der Waals surface area (Å²) >= 11 is 0. The van der Waals surface area contributed by atoms with E-state index in [0.717, 1.165) is 55.2 Å². The fourth-order valence-electron chi connectivity index (χ4n) is 6.14. The Labute approximate surface area is 196 Å². The van der Waals surface area contributed by atoms with Crippen LogP contribution in [0.25, 0.3) is 10.9 Å². The van der Waals surface area contributed by atoms with Gasteiger partial charge in [-0.1, -0.05) is 6.92 Å². The minimum atomic E-state index is -0.352. The highest BCUT2D eigenvalue weighted by molar-refractivity contribution is 5.89. The van der Waals surface area contributed by atoms with Gasteiger partial charge in [-0.15, -0.1) is 0 Å². The normalized spacial score (nSPS) is 22.5. The molecule has 1 aromatic carbocycles. The molecule has 2 aromatic rings. The Kier molecular flexibility index (Phi) is 6.04. The van der Waals surface area contributed by atoms with Gasteiger partial charge in [0.2, 0.25) is 0 Å². The topological polar surface area (TPSA) is 70.0 Å². The number of methoxy groups -OCH3 is 1. The summed E-state index contributed by atoms with van der Waals surface area (Å²) < 4.78 is 7.70. The van der Waals surface area contributed by atoms with Crippen LogP contribution in [-0.2, 0) is 12.5 Å². The van der Waals surface area contributed by atoms with Crippen molar-refractivity contribution in [1.82, 2.24) is 19.7 Å². The predicted octanol–water partition coefficient (Wildman–Crippen LogP) is 3.40. The number of carbonyl (C=O) groups excluding carboxylic acids is 1. The first-order valence-electron chi connectivity index (χ1n) is 12.6. The number of hydrogen-bond acceptors (Lipinski definition) is 4. The molecule has 33 heavy (non-hydrogen) atoms. The molecular formula is C26H38N4O3. The van der Waals surface area contributed by atoms with E-state index in [-0.39, 0.29) is 24.1 Å². The molecule has 1 atom stereocenters. The van der Waals surface area contributed by atoms with E-state index in [2.05, 4.69) is 40.9 Å². The lowest BCUT2D eigenvalue weighted by molar-refractivity contribution is 0.0654. The molecule has 2 amide bonds. The molecule has 5 rings (SSSR count). The molecule has 1 saturated carbocycles. The molecule has 2 N–H and O–H groups in total. The highest BCUT2D eigenvalue weighted by Gasteiger charge is 2.49. The Balaban J connectivity index is 1.60. The average molecular weight is 455 g/mol. The first-order valence-corrected chi connectivity index (χ1v) is 12.6. The van der Waals surface area contributed by atoms with Gasteiger partial charge in [-0.2, -0.15) is 0 Å². The molecule has 1 aromatic heterocycles. The molecule has 3 aliphatic rings. The number of amides is 2. The van der Waals surface area contributed by atoms with Crippen LogP contribution >= 0.6 is 0 Å². The number of benzene rings is 1. The van der Waals surface area contributed by atoms with Crippen LogP contribution in [0.4, 0.5) is 4.79 Å². The van der Waals surface area contributed by atoms with Gasteiger partial charge in [-0.3, -0.25) is 0 Å². The maximum absolute atomic E-state index is 13.3. The molecule has 7 heteroatoms. The van der Waals surface area contributed by atoms with Crippen molar-refractivity contribution in [2.24, 2.45) is 13.0 Å².